The van der Waals surface area contributed by atoms with Crippen molar-refractivity contribution >= 4 is 6.08 Å². The van der Waals surface area contributed by atoms with Crippen molar-refractivity contribution in [2.45, 2.75) is 6.04 Å². The van der Waals surface area contributed by atoms with Gasteiger partial charge in [-0.15, -0.1) is 0 Å². The zero-order valence-corrected chi connectivity index (χ0v) is 9.19. The van der Waals surface area contributed by atoms with E-state index in [9.17, 15) is 0 Å². The maximum atomic E-state index is 3.28. The summed E-state index contributed by atoms with van der Waals surface area (Å²) in [6.45, 7) is 3.30. The molecule has 0 unspecified atom stereocenters. The number of benzene rings is 1. The third-order valence-corrected chi connectivity index (χ3v) is 2.89. The first-order valence-corrected chi connectivity index (χ1v) is 5.49. The second-order valence-corrected chi connectivity index (χ2v) is 4.06. The summed E-state index contributed by atoms with van der Waals surface area (Å²) < 4.78 is 0. The first-order chi connectivity index (χ1) is 7.36. The Bertz CT molecular complexity index is 315. The highest BCUT2D eigenvalue weighted by Gasteiger charge is 2.19. The summed E-state index contributed by atoms with van der Waals surface area (Å²) in [7, 11) is 2.18. The van der Waals surface area contributed by atoms with Gasteiger partial charge in [-0.1, -0.05) is 42.5 Å². The van der Waals surface area contributed by atoms with Gasteiger partial charge in [0.25, 0.3) is 0 Å². The van der Waals surface area contributed by atoms with Crippen molar-refractivity contribution in [1.82, 2.24) is 10.2 Å². The van der Waals surface area contributed by atoms with E-state index in [0.29, 0.717) is 0 Å². The minimum absolute atomic E-state index is 0.727. The van der Waals surface area contributed by atoms with Gasteiger partial charge in [-0.2, -0.15) is 0 Å². The van der Waals surface area contributed by atoms with Crippen LogP contribution in [-0.4, -0.2) is 37.6 Å². The molecule has 80 valence electrons. The van der Waals surface area contributed by atoms with E-state index in [4.69, 9.17) is 0 Å². The third-order valence-electron chi connectivity index (χ3n) is 2.89. The Morgan fingerprint density at radius 3 is 2.67 bits per heavy atom. The SMILES string of the molecule is CN(CC=Cc1ccccc1)C1CNC1. The lowest BCUT2D eigenvalue weighted by Gasteiger charge is -2.34. The largest absolute Gasteiger partial charge is 0.314 e. The zero-order chi connectivity index (χ0) is 10.5. The maximum absolute atomic E-state index is 3.28. The molecule has 1 aliphatic rings. The van der Waals surface area contributed by atoms with Crippen molar-refractivity contribution in [2.75, 3.05) is 26.7 Å². The maximum Gasteiger partial charge on any atom is 0.0345 e. The van der Waals surface area contributed by atoms with Crippen molar-refractivity contribution in [3.63, 3.8) is 0 Å². The Kier molecular flexibility index (Phi) is 3.54. The molecular formula is C13H18N2. The van der Waals surface area contributed by atoms with Crippen LogP contribution in [0, 0.1) is 0 Å². The van der Waals surface area contributed by atoms with Gasteiger partial charge >= 0.3 is 0 Å². The lowest BCUT2D eigenvalue weighted by molar-refractivity contribution is 0.197. The fourth-order valence-corrected chi connectivity index (χ4v) is 1.65. The molecule has 0 spiro atoms. The van der Waals surface area contributed by atoms with E-state index in [1.165, 1.54) is 5.56 Å². The molecule has 0 aromatic heterocycles. The number of nitrogens with one attached hydrogen (secondary N) is 1. The normalized spacial score (nSPS) is 17.2. The molecule has 0 saturated carbocycles. The highest BCUT2D eigenvalue weighted by Crippen LogP contribution is 2.04. The zero-order valence-electron chi connectivity index (χ0n) is 9.19. The van der Waals surface area contributed by atoms with Crippen LogP contribution in [0.4, 0.5) is 0 Å². The molecular weight excluding hydrogens is 184 g/mol. The van der Waals surface area contributed by atoms with Gasteiger partial charge in [-0.05, 0) is 12.6 Å². The Balaban J connectivity index is 1.79. The van der Waals surface area contributed by atoms with E-state index in [2.05, 4.69) is 53.7 Å². The highest BCUT2D eigenvalue weighted by molar-refractivity contribution is 5.48. The second-order valence-electron chi connectivity index (χ2n) is 4.06. The first kappa shape index (κ1) is 10.4. The Hall–Kier alpha value is -1.12. The van der Waals surface area contributed by atoms with Gasteiger partial charge in [0.15, 0.2) is 0 Å². The first-order valence-electron chi connectivity index (χ1n) is 5.49. The van der Waals surface area contributed by atoms with Crippen molar-refractivity contribution in [1.29, 1.82) is 0 Å². The minimum atomic E-state index is 0.727. The molecule has 1 N–H and O–H groups in total. The van der Waals surface area contributed by atoms with E-state index in [1.54, 1.807) is 0 Å². The average Bonchev–Trinajstić information content (AvgIpc) is 2.16. The number of hydrogen-bond donors (Lipinski definition) is 1. The van der Waals surface area contributed by atoms with Gasteiger partial charge in [-0.3, -0.25) is 4.90 Å². The monoisotopic (exact) mass is 202 g/mol. The summed E-state index contributed by atoms with van der Waals surface area (Å²) in [4.78, 5) is 2.38. The van der Waals surface area contributed by atoms with Gasteiger partial charge in [-0.25, -0.2) is 0 Å². The Morgan fingerprint density at radius 2 is 2.07 bits per heavy atom. The minimum Gasteiger partial charge on any atom is -0.314 e. The van der Waals surface area contributed by atoms with Gasteiger partial charge < -0.3 is 5.32 Å². The van der Waals surface area contributed by atoms with Crippen LogP contribution in [-0.2, 0) is 0 Å². The molecule has 0 bridgehead atoms. The molecule has 2 heteroatoms. The molecule has 0 radical (unpaired) electrons. The van der Waals surface area contributed by atoms with Gasteiger partial charge in [0, 0.05) is 25.7 Å². The Labute approximate surface area is 91.6 Å². The predicted molar refractivity (Wildman–Crippen MR) is 64.8 cm³/mol. The topological polar surface area (TPSA) is 15.3 Å². The molecule has 1 fully saturated rings. The van der Waals surface area contributed by atoms with Crippen LogP contribution in [0.1, 0.15) is 5.56 Å². The number of nitrogens with zero attached hydrogens (tertiary/aromatic N) is 1. The van der Waals surface area contributed by atoms with Crippen LogP contribution in [0.15, 0.2) is 36.4 Å². The average molecular weight is 202 g/mol. The summed E-state index contributed by atoms with van der Waals surface area (Å²) in [6, 6.07) is 11.2. The van der Waals surface area contributed by atoms with Crippen molar-refractivity contribution in [3.8, 4) is 0 Å². The third kappa shape index (κ3) is 2.91. The summed E-state index contributed by atoms with van der Waals surface area (Å²) in [5.41, 5.74) is 1.28. The van der Waals surface area contributed by atoms with E-state index in [0.717, 1.165) is 25.7 Å². The lowest BCUT2D eigenvalue weighted by atomic mass is 10.1. The number of rotatable bonds is 4. The fourth-order valence-electron chi connectivity index (χ4n) is 1.65. The molecule has 1 aromatic carbocycles. The summed E-state index contributed by atoms with van der Waals surface area (Å²) >= 11 is 0. The molecule has 2 rings (SSSR count). The van der Waals surface area contributed by atoms with Crippen molar-refractivity contribution < 1.29 is 0 Å². The summed E-state index contributed by atoms with van der Waals surface area (Å²) in [5.74, 6) is 0. The lowest BCUT2D eigenvalue weighted by Crippen LogP contribution is -2.55. The van der Waals surface area contributed by atoms with Gasteiger partial charge in [0.05, 0.1) is 0 Å². The van der Waals surface area contributed by atoms with Crippen LogP contribution >= 0.6 is 0 Å². The number of hydrogen-bond acceptors (Lipinski definition) is 2. The van der Waals surface area contributed by atoms with E-state index in [1.807, 2.05) is 6.07 Å². The van der Waals surface area contributed by atoms with Crippen LogP contribution in [0.25, 0.3) is 6.08 Å². The molecule has 0 atom stereocenters. The molecule has 1 aromatic rings. The molecule has 2 nitrogen and oxygen atoms in total. The van der Waals surface area contributed by atoms with Gasteiger partial charge in [0.1, 0.15) is 0 Å². The standard InChI is InChI=1S/C13H18N2/c1-15(13-10-14-11-13)9-5-8-12-6-3-2-4-7-12/h2-8,13-14H,9-11H2,1H3. The molecule has 1 heterocycles. The second kappa shape index (κ2) is 5.10. The molecule has 1 aliphatic heterocycles. The quantitative estimate of drug-likeness (QED) is 0.798. The highest BCUT2D eigenvalue weighted by atomic mass is 15.2. The summed E-state index contributed by atoms with van der Waals surface area (Å²) in [5, 5.41) is 3.28. The number of likely N-dealkylation sites (N-methyl/N-ethyl adjacent to an activating group) is 1. The predicted octanol–water partition coefficient (Wildman–Crippen LogP) is 1.60. The van der Waals surface area contributed by atoms with E-state index < -0.39 is 0 Å². The summed E-state index contributed by atoms with van der Waals surface area (Å²) in [6.07, 6.45) is 4.41. The molecule has 0 amide bonds. The smallest absolute Gasteiger partial charge is 0.0345 e. The van der Waals surface area contributed by atoms with Gasteiger partial charge in [0.2, 0.25) is 0 Å². The molecule has 1 saturated heterocycles. The molecule has 15 heavy (non-hydrogen) atoms. The van der Waals surface area contributed by atoms with Crippen molar-refractivity contribution in [2.24, 2.45) is 0 Å². The van der Waals surface area contributed by atoms with Crippen LogP contribution in [0.2, 0.25) is 0 Å². The van der Waals surface area contributed by atoms with E-state index in [-0.39, 0.29) is 0 Å². The van der Waals surface area contributed by atoms with Crippen LogP contribution in [0.3, 0.4) is 0 Å². The fraction of sp³-hybridized carbons (Fsp3) is 0.385. The Morgan fingerprint density at radius 1 is 1.33 bits per heavy atom. The molecule has 0 aliphatic carbocycles. The van der Waals surface area contributed by atoms with Crippen LogP contribution < -0.4 is 5.32 Å². The van der Waals surface area contributed by atoms with Crippen LogP contribution in [0.5, 0.6) is 0 Å². The van der Waals surface area contributed by atoms with Crippen molar-refractivity contribution in [3.05, 3.63) is 42.0 Å². The van der Waals surface area contributed by atoms with E-state index >= 15 is 0 Å².